The molecule has 4 rings (SSSR count). The molecule has 1 amide bonds. The number of carbonyl (C=O) groups excluding carboxylic acids is 1. The lowest BCUT2D eigenvalue weighted by molar-refractivity contribution is -0.111. The van der Waals surface area contributed by atoms with Crippen molar-refractivity contribution in [2.24, 2.45) is 0 Å². The van der Waals surface area contributed by atoms with Gasteiger partial charge >= 0.3 is 0 Å². The zero-order valence-electron chi connectivity index (χ0n) is 22.2. The fourth-order valence-electron chi connectivity index (χ4n) is 4.30. The summed E-state index contributed by atoms with van der Waals surface area (Å²) in [6.07, 6.45) is 2.70. The summed E-state index contributed by atoms with van der Waals surface area (Å²) < 4.78 is 5.71. The van der Waals surface area contributed by atoms with E-state index in [2.05, 4.69) is 61.0 Å². The van der Waals surface area contributed by atoms with E-state index in [9.17, 15) is 4.79 Å². The van der Waals surface area contributed by atoms with Crippen LogP contribution in [0.25, 0.3) is 4.85 Å². The summed E-state index contributed by atoms with van der Waals surface area (Å²) in [6, 6.07) is 11.3. The van der Waals surface area contributed by atoms with Gasteiger partial charge in [0.1, 0.15) is 10.8 Å². The summed E-state index contributed by atoms with van der Waals surface area (Å²) >= 11 is 6.35. The second-order valence-corrected chi connectivity index (χ2v) is 9.56. The Kier molecular flexibility index (Phi) is 8.86. The summed E-state index contributed by atoms with van der Waals surface area (Å²) in [5.74, 6) is 0.823. The van der Waals surface area contributed by atoms with Gasteiger partial charge < -0.3 is 25.6 Å². The van der Waals surface area contributed by atoms with E-state index in [1.54, 1.807) is 31.4 Å². The Bertz CT molecular complexity index is 1400. The van der Waals surface area contributed by atoms with E-state index in [0.717, 1.165) is 31.9 Å². The quantitative estimate of drug-likeness (QED) is 0.228. The lowest BCUT2D eigenvalue weighted by atomic mass is 10.1. The van der Waals surface area contributed by atoms with Crippen molar-refractivity contribution in [2.75, 3.05) is 54.1 Å². The number of methoxy groups -OCH3 is 1. The van der Waals surface area contributed by atoms with Gasteiger partial charge in [0, 0.05) is 44.0 Å². The van der Waals surface area contributed by atoms with E-state index in [0.29, 0.717) is 45.4 Å². The molecule has 0 saturated carbocycles. The molecule has 1 aliphatic heterocycles. The van der Waals surface area contributed by atoms with Gasteiger partial charge in [-0.05, 0) is 32.1 Å². The highest BCUT2D eigenvalue weighted by atomic mass is 35.5. The molecule has 1 saturated heterocycles. The summed E-state index contributed by atoms with van der Waals surface area (Å²) in [7, 11) is 1.58. The fourth-order valence-corrected chi connectivity index (χ4v) is 4.44. The molecule has 1 aromatic heterocycles. The van der Waals surface area contributed by atoms with Crippen LogP contribution in [-0.2, 0) is 4.79 Å². The standard InChI is InChI=1S/C28H31ClN8O2/c1-6-26(38)32-22-15-23(25(39-5)16-24(22)37-13-11-36(12-14-37)18(2)3)34-28-31-17-19(29)27(35-28)33-21-10-8-7-9-20(21)30-4/h6-10,15-18H,1,11-14H2,2-3,5H3,(H,32,38)(H2,31,33,34,35). The number of piperazine rings is 1. The number of amides is 1. The van der Waals surface area contributed by atoms with Gasteiger partial charge in [0.15, 0.2) is 5.82 Å². The van der Waals surface area contributed by atoms with Crippen LogP contribution in [0.15, 0.2) is 55.3 Å². The number of para-hydroxylation sites is 2. The van der Waals surface area contributed by atoms with Crippen molar-refractivity contribution in [2.45, 2.75) is 19.9 Å². The highest BCUT2D eigenvalue weighted by Crippen LogP contribution is 2.39. The molecule has 0 radical (unpaired) electrons. The lowest BCUT2D eigenvalue weighted by Crippen LogP contribution is -2.49. The maximum atomic E-state index is 12.3. The third-order valence-electron chi connectivity index (χ3n) is 6.41. The van der Waals surface area contributed by atoms with Gasteiger partial charge in [-0.1, -0.05) is 36.4 Å². The van der Waals surface area contributed by atoms with E-state index in [1.165, 1.54) is 12.3 Å². The van der Waals surface area contributed by atoms with Crippen molar-refractivity contribution in [1.29, 1.82) is 0 Å². The van der Waals surface area contributed by atoms with E-state index < -0.39 is 0 Å². The Morgan fingerprint density at radius 3 is 2.56 bits per heavy atom. The lowest BCUT2D eigenvalue weighted by Gasteiger charge is -2.39. The van der Waals surface area contributed by atoms with Gasteiger partial charge in [-0.15, -0.1) is 0 Å². The second kappa shape index (κ2) is 12.5. The van der Waals surface area contributed by atoms with Gasteiger partial charge in [-0.3, -0.25) is 9.69 Å². The van der Waals surface area contributed by atoms with Crippen LogP contribution in [0.1, 0.15) is 13.8 Å². The molecule has 2 aromatic carbocycles. The number of nitrogens with one attached hydrogen (secondary N) is 3. The van der Waals surface area contributed by atoms with Crippen molar-refractivity contribution >= 4 is 57.7 Å². The van der Waals surface area contributed by atoms with Gasteiger partial charge in [0.2, 0.25) is 17.5 Å². The Labute approximate surface area is 233 Å². The maximum Gasteiger partial charge on any atom is 0.247 e. The number of rotatable bonds is 9. The molecule has 0 atom stereocenters. The highest BCUT2D eigenvalue weighted by Gasteiger charge is 2.23. The Balaban J connectivity index is 1.65. The SMILES string of the molecule is [C-]#[N+]c1ccccc1Nc1nc(Nc2cc(NC(=O)C=C)c(N3CCN(C(C)C)CC3)cc2OC)ncc1Cl. The van der Waals surface area contributed by atoms with Crippen LogP contribution >= 0.6 is 11.6 Å². The first-order valence-electron chi connectivity index (χ1n) is 12.5. The van der Waals surface area contributed by atoms with Crippen molar-refractivity contribution in [3.8, 4) is 5.75 Å². The molecule has 1 fully saturated rings. The number of hydrogen-bond donors (Lipinski definition) is 3. The van der Waals surface area contributed by atoms with Crippen LogP contribution in [0.4, 0.5) is 40.2 Å². The minimum atomic E-state index is -0.319. The third-order valence-corrected chi connectivity index (χ3v) is 6.69. The van der Waals surface area contributed by atoms with E-state index in [1.807, 2.05) is 12.1 Å². The molecule has 10 nitrogen and oxygen atoms in total. The third kappa shape index (κ3) is 6.57. The van der Waals surface area contributed by atoms with Crippen LogP contribution in [0.2, 0.25) is 5.02 Å². The van der Waals surface area contributed by atoms with Gasteiger partial charge in [0.05, 0.1) is 36.9 Å². The largest absolute Gasteiger partial charge is 0.494 e. The maximum absolute atomic E-state index is 12.3. The first-order chi connectivity index (χ1) is 18.8. The minimum Gasteiger partial charge on any atom is -0.494 e. The zero-order valence-corrected chi connectivity index (χ0v) is 22.9. The smallest absolute Gasteiger partial charge is 0.247 e. The predicted octanol–water partition coefficient (Wildman–Crippen LogP) is 5.83. The van der Waals surface area contributed by atoms with Gasteiger partial charge in [0.25, 0.3) is 0 Å². The van der Waals surface area contributed by atoms with Crippen molar-refractivity contribution in [3.63, 3.8) is 0 Å². The molecule has 1 aliphatic rings. The molecule has 0 bridgehead atoms. The molecule has 11 heteroatoms. The van der Waals surface area contributed by atoms with Crippen LogP contribution < -0.4 is 25.6 Å². The average Bonchev–Trinajstić information content (AvgIpc) is 2.95. The Hall–Kier alpha value is -4.33. The van der Waals surface area contributed by atoms with E-state index >= 15 is 0 Å². The van der Waals surface area contributed by atoms with Crippen LogP contribution in [0.3, 0.4) is 0 Å². The molecule has 39 heavy (non-hydrogen) atoms. The first-order valence-corrected chi connectivity index (χ1v) is 12.9. The van der Waals surface area contributed by atoms with Crippen molar-refractivity contribution in [1.82, 2.24) is 14.9 Å². The number of anilines is 6. The number of carbonyl (C=O) groups is 1. The number of hydrogen-bond acceptors (Lipinski definition) is 8. The molecule has 3 aromatic rings. The molecule has 202 valence electrons. The molecular formula is C28H31ClN8O2. The van der Waals surface area contributed by atoms with Gasteiger partial charge in [-0.25, -0.2) is 9.83 Å². The summed E-state index contributed by atoms with van der Waals surface area (Å²) in [5.41, 5.74) is 3.03. The summed E-state index contributed by atoms with van der Waals surface area (Å²) in [5, 5.41) is 9.51. The molecule has 0 spiro atoms. The molecule has 0 aliphatic carbocycles. The number of aromatic nitrogens is 2. The average molecular weight is 547 g/mol. The van der Waals surface area contributed by atoms with Crippen LogP contribution in [-0.4, -0.2) is 60.1 Å². The van der Waals surface area contributed by atoms with Crippen LogP contribution in [0.5, 0.6) is 5.75 Å². The number of nitrogens with zero attached hydrogens (tertiary/aromatic N) is 5. The van der Waals surface area contributed by atoms with Crippen molar-refractivity contribution < 1.29 is 9.53 Å². The monoisotopic (exact) mass is 546 g/mol. The molecule has 3 N–H and O–H groups in total. The van der Waals surface area contributed by atoms with Crippen LogP contribution in [0, 0.1) is 6.57 Å². The topological polar surface area (TPSA) is 99.0 Å². The second-order valence-electron chi connectivity index (χ2n) is 9.15. The Morgan fingerprint density at radius 2 is 1.90 bits per heavy atom. The normalized spacial score (nSPS) is 13.5. The number of benzene rings is 2. The first kappa shape index (κ1) is 27.7. The van der Waals surface area contributed by atoms with E-state index in [-0.39, 0.29) is 11.9 Å². The van der Waals surface area contributed by atoms with E-state index in [4.69, 9.17) is 22.9 Å². The van der Waals surface area contributed by atoms with Gasteiger partial charge in [-0.2, -0.15) is 4.98 Å². The van der Waals surface area contributed by atoms with Crippen molar-refractivity contribution in [3.05, 3.63) is 71.7 Å². The predicted molar refractivity (Wildman–Crippen MR) is 157 cm³/mol. The molecule has 0 unspecified atom stereocenters. The minimum absolute atomic E-state index is 0.250. The highest BCUT2D eigenvalue weighted by molar-refractivity contribution is 6.33. The molecular weight excluding hydrogens is 516 g/mol. The molecule has 2 heterocycles. The number of ether oxygens (including phenoxy) is 1. The summed E-state index contributed by atoms with van der Waals surface area (Å²) in [4.78, 5) is 29.3. The number of halogens is 1. The fraction of sp³-hybridized carbons (Fsp3) is 0.286. The Morgan fingerprint density at radius 1 is 1.15 bits per heavy atom. The zero-order chi connectivity index (χ0) is 27.9. The summed E-state index contributed by atoms with van der Waals surface area (Å²) in [6.45, 7) is 18.8.